The van der Waals surface area contributed by atoms with Gasteiger partial charge in [0.2, 0.25) is 11.8 Å². The molecule has 0 saturated heterocycles. The minimum atomic E-state index is -0.196. The van der Waals surface area contributed by atoms with E-state index in [0.29, 0.717) is 30.0 Å². The molecule has 1 heterocycles. The van der Waals surface area contributed by atoms with Crippen LogP contribution in [0.3, 0.4) is 0 Å². The summed E-state index contributed by atoms with van der Waals surface area (Å²) in [5.41, 5.74) is 2.43. The van der Waals surface area contributed by atoms with Gasteiger partial charge in [-0.15, -0.1) is 0 Å². The van der Waals surface area contributed by atoms with Gasteiger partial charge in [-0.2, -0.15) is 0 Å². The van der Waals surface area contributed by atoms with Crippen LogP contribution in [0.25, 0.3) is 0 Å². The van der Waals surface area contributed by atoms with Crippen LogP contribution in [0, 0.1) is 0 Å². The van der Waals surface area contributed by atoms with Gasteiger partial charge in [-0.25, -0.2) is 0 Å². The average Bonchev–Trinajstić information content (AvgIpc) is 2.59. The summed E-state index contributed by atoms with van der Waals surface area (Å²) < 4.78 is 5.16. The van der Waals surface area contributed by atoms with E-state index in [4.69, 9.17) is 4.74 Å². The third kappa shape index (κ3) is 3.34. The predicted molar refractivity (Wildman–Crippen MR) is 88.7 cm³/mol. The number of nitrogens with zero attached hydrogens (tertiary/aromatic N) is 1. The molecule has 118 valence electrons. The van der Waals surface area contributed by atoms with Crippen LogP contribution < -0.4 is 15.0 Å². The molecule has 1 aliphatic rings. The number of amides is 2. The lowest BCUT2D eigenvalue weighted by atomic mass is 10.1. The molecule has 0 aliphatic carbocycles. The summed E-state index contributed by atoms with van der Waals surface area (Å²) in [5.74, 6) is 0.386. The van der Waals surface area contributed by atoms with Gasteiger partial charge in [-0.05, 0) is 24.1 Å². The van der Waals surface area contributed by atoms with Gasteiger partial charge in [0.25, 0.3) is 0 Å². The molecule has 1 N–H and O–H groups in total. The fourth-order valence-electron chi connectivity index (χ4n) is 2.65. The molecule has 3 rings (SSSR count). The first-order valence-electron chi connectivity index (χ1n) is 7.49. The van der Waals surface area contributed by atoms with Gasteiger partial charge in [0.1, 0.15) is 12.3 Å². The SMILES string of the molecule is COc1ccc2c(c1)NC(=O)CN2C(=O)CCc1ccccc1. The molecular weight excluding hydrogens is 292 g/mol. The van der Waals surface area contributed by atoms with Gasteiger partial charge >= 0.3 is 0 Å². The molecule has 0 atom stereocenters. The van der Waals surface area contributed by atoms with Crippen LogP contribution in [0.5, 0.6) is 5.75 Å². The highest BCUT2D eigenvalue weighted by Crippen LogP contribution is 2.33. The maximum atomic E-state index is 12.5. The highest BCUT2D eigenvalue weighted by Gasteiger charge is 2.26. The Morgan fingerprint density at radius 1 is 1.22 bits per heavy atom. The van der Waals surface area contributed by atoms with Crippen molar-refractivity contribution in [1.29, 1.82) is 0 Å². The zero-order valence-electron chi connectivity index (χ0n) is 12.9. The second-order valence-electron chi connectivity index (χ2n) is 5.40. The smallest absolute Gasteiger partial charge is 0.244 e. The van der Waals surface area contributed by atoms with E-state index in [0.717, 1.165) is 5.56 Å². The molecule has 5 nitrogen and oxygen atoms in total. The van der Waals surface area contributed by atoms with Crippen molar-refractivity contribution >= 4 is 23.2 Å². The van der Waals surface area contributed by atoms with Gasteiger partial charge in [0.15, 0.2) is 0 Å². The first-order valence-corrected chi connectivity index (χ1v) is 7.49. The zero-order chi connectivity index (χ0) is 16.2. The summed E-state index contributed by atoms with van der Waals surface area (Å²) in [5, 5.41) is 2.78. The van der Waals surface area contributed by atoms with E-state index in [-0.39, 0.29) is 18.4 Å². The molecule has 0 spiro atoms. The Kier molecular flexibility index (Phi) is 4.28. The topological polar surface area (TPSA) is 58.6 Å². The summed E-state index contributed by atoms with van der Waals surface area (Å²) in [6, 6.07) is 15.2. The second kappa shape index (κ2) is 6.52. The Morgan fingerprint density at radius 2 is 2.00 bits per heavy atom. The number of ether oxygens (including phenoxy) is 1. The van der Waals surface area contributed by atoms with Crippen LogP contribution >= 0.6 is 0 Å². The van der Waals surface area contributed by atoms with Crippen molar-refractivity contribution in [1.82, 2.24) is 0 Å². The molecule has 0 fully saturated rings. The molecule has 2 amide bonds. The lowest BCUT2D eigenvalue weighted by molar-refractivity contribution is -0.121. The van der Waals surface area contributed by atoms with Crippen LogP contribution in [0.1, 0.15) is 12.0 Å². The van der Waals surface area contributed by atoms with Crippen LogP contribution in [0.2, 0.25) is 0 Å². The van der Waals surface area contributed by atoms with Crippen molar-refractivity contribution in [2.24, 2.45) is 0 Å². The van der Waals surface area contributed by atoms with E-state index in [9.17, 15) is 9.59 Å². The summed E-state index contributed by atoms with van der Waals surface area (Å²) in [7, 11) is 1.56. The lowest BCUT2D eigenvalue weighted by Crippen LogP contribution is -2.42. The van der Waals surface area contributed by atoms with Gasteiger partial charge in [-0.1, -0.05) is 30.3 Å². The van der Waals surface area contributed by atoms with Crippen molar-refractivity contribution in [2.45, 2.75) is 12.8 Å². The predicted octanol–water partition coefficient (Wildman–Crippen LogP) is 2.61. The molecular formula is C18H18N2O3. The van der Waals surface area contributed by atoms with E-state index in [1.54, 1.807) is 25.3 Å². The highest BCUT2D eigenvalue weighted by molar-refractivity contribution is 6.10. The van der Waals surface area contributed by atoms with Crippen molar-refractivity contribution in [3.05, 3.63) is 54.1 Å². The van der Waals surface area contributed by atoms with E-state index in [1.807, 2.05) is 30.3 Å². The Hall–Kier alpha value is -2.82. The Balaban J connectivity index is 1.77. The minimum Gasteiger partial charge on any atom is -0.497 e. The maximum Gasteiger partial charge on any atom is 0.244 e. The number of aryl methyl sites for hydroxylation is 1. The molecule has 2 aromatic rings. The number of methoxy groups -OCH3 is 1. The first-order chi connectivity index (χ1) is 11.2. The summed E-state index contributed by atoms with van der Waals surface area (Å²) >= 11 is 0. The number of fused-ring (bicyclic) bond motifs is 1. The average molecular weight is 310 g/mol. The fourth-order valence-corrected chi connectivity index (χ4v) is 2.65. The second-order valence-corrected chi connectivity index (χ2v) is 5.40. The Bertz CT molecular complexity index is 728. The number of anilines is 2. The Labute approximate surface area is 134 Å². The number of carbonyl (C=O) groups is 2. The molecule has 5 heteroatoms. The number of nitrogens with one attached hydrogen (secondary N) is 1. The number of hydrogen-bond acceptors (Lipinski definition) is 3. The summed E-state index contributed by atoms with van der Waals surface area (Å²) in [6.45, 7) is 0.0486. The largest absolute Gasteiger partial charge is 0.497 e. The molecule has 0 saturated carbocycles. The van der Waals surface area contributed by atoms with E-state index < -0.39 is 0 Å². The van der Waals surface area contributed by atoms with Gasteiger partial charge < -0.3 is 15.0 Å². The molecule has 23 heavy (non-hydrogen) atoms. The number of carbonyl (C=O) groups excluding carboxylic acids is 2. The molecule has 1 aliphatic heterocycles. The molecule has 0 aromatic heterocycles. The maximum absolute atomic E-state index is 12.5. The third-order valence-corrected chi connectivity index (χ3v) is 3.84. The molecule has 0 radical (unpaired) electrons. The van der Waals surface area contributed by atoms with Gasteiger partial charge in [0, 0.05) is 12.5 Å². The van der Waals surface area contributed by atoms with Crippen LogP contribution in [-0.4, -0.2) is 25.5 Å². The van der Waals surface area contributed by atoms with Crippen molar-refractivity contribution in [2.75, 3.05) is 23.9 Å². The Morgan fingerprint density at radius 3 is 2.74 bits per heavy atom. The third-order valence-electron chi connectivity index (χ3n) is 3.84. The monoisotopic (exact) mass is 310 g/mol. The fraction of sp³-hybridized carbons (Fsp3) is 0.222. The standard InChI is InChI=1S/C18H18N2O3/c1-23-14-8-9-16-15(11-14)19-17(21)12-20(16)18(22)10-7-13-5-3-2-4-6-13/h2-6,8-9,11H,7,10,12H2,1H3,(H,19,21). The quantitative estimate of drug-likeness (QED) is 0.944. The zero-order valence-corrected chi connectivity index (χ0v) is 12.9. The number of hydrogen-bond donors (Lipinski definition) is 1. The number of rotatable bonds is 4. The molecule has 0 unspecified atom stereocenters. The van der Waals surface area contributed by atoms with Crippen LogP contribution in [0.15, 0.2) is 48.5 Å². The van der Waals surface area contributed by atoms with E-state index in [1.165, 1.54) is 4.90 Å². The highest BCUT2D eigenvalue weighted by atomic mass is 16.5. The van der Waals surface area contributed by atoms with Gasteiger partial charge in [0.05, 0.1) is 18.5 Å². The first kappa shape index (κ1) is 15.1. The molecule has 0 bridgehead atoms. The lowest BCUT2D eigenvalue weighted by Gasteiger charge is -2.29. The normalized spacial score (nSPS) is 13.3. The van der Waals surface area contributed by atoms with Crippen molar-refractivity contribution in [3.63, 3.8) is 0 Å². The van der Waals surface area contributed by atoms with Crippen molar-refractivity contribution < 1.29 is 14.3 Å². The molecule has 2 aromatic carbocycles. The van der Waals surface area contributed by atoms with Crippen molar-refractivity contribution in [3.8, 4) is 5.75 Å². The van der Waals surface area contributed by atoms with E-state index in [2.05, 4.69) is 5.32 Å². The van der Waals surface area contributed by atoms with E-state index >= 15 is 0 Å². The van der Waals surface area contributed by atoms with Crippen LogP contribution in [0.4, 0.5) is 11.4 Å². The summed E-state index contributed by atoms with van der Waals surface area (Å²) in [4.78, 5) is 26.0. The summed E-state index contributed by atoms with van der Waals surface area (Å²) in [6.07, 6.45) is 1.02. The minimum absolute atomic E-state index is 0.0486. The number of benzene rings is 2. The van der Waals surface area contributed by atoms with Crippen LogP contribution in [-0.2, 0) is 16.0 Å². The van der Waals surface area contributed by atoms with Gasteiger partial charge in [-0.3, -0.25) is 9.59 Å².